The average molecular weight is 284 g/mol. The van der Waals surface area contributed by atoms with Crippen LogP contribution in [0.25, 0.3) is 0 Å². The van der Waals surface area contributed by atoms with E-state index in [-0.39, 0.29) is 5.97 Å². The van der Waals surface area contributed by atoms with E-state index in [4.69, 9.17) is 4.74 Å². The Morgan fingerprint density at radius 3 is 2.15 bits per heavy atom. The summed E-state index contributed by atoms with van der Waals surface area (Å²) in [6.45, 7) is 6.17. The van der Waals surface area contributed by atoms with Crippen LogP contribution in [0, 0.1) is 0 Å². The zero-order valence-corrected chi connectivity index (χ0v) is 13.2. The highest BCUT2D eigenvalue weighted by molar-refractivity contribution is 6.89. The Kier molecular flexibility index (Phi) is 4.40. The average Bonchev–Trinajstić information content (AvgIpc) is 2.41. The molecule has 0 atom stereocenters. The summed E-state index contributed by atoms with van der Waals surface area (Å²) in [4.78, 5) is 10.9. The van der Waals surface area contributed by atoms with Gasteiger partial charge < -0.3 is 4.74 Å². The summed E-state index contributed by atoms with van der Waals surface area (Å²) in [5.74, 6) is 0.331. The normalized spacial score (nSPS) is 11.2. The topological polar surface area (TPSA) is 26.3 Å². The molecule has 2 rings (SSSR count). The Morgan fingerprint density at radius 2 is 1.60 bits per heavy atom. The largest absolute Gasteiger partial charge is 0.427 e. The third-order valence-corrected chi connectivity index (χ3v) is 6.57. The van der Waals surface area contributed by atoms with Crippen LogP contribution in [0.2, 0.25) is 13.1 Å². The van der Waals surface area contributed by atoms with Crippen molar-refractivity contribution < 1.29 is 9.53 Å². The van der Waals surface area contributed by atoms with Crippen molar-refractivity contribution in [3.8, 4) is 5.75 Å². The van der Waals surface area contributed by atoms with Crippen molar-refractivity contribution in [3.05, 3.63) is 60.2 Å². The van der Waals surface area contributed by atoms with Crippen molar-refractivity contribution in [2.75, 3.05) is 0 Å². The zero-order chi connectivity index (χ0) is 14.6. The lowest BCUT2D eigenvalue weighted by Gasteiger charge is -2.23. The molecule has 0 aliphatic rings. The van der Waals surface area contributed by atoms with E-state index in [9.17, 15) is 4.79 Å². The second-order valence-electron chi connectivity index (χ2n) is 5.66. The lowest BCUT2D eigenvalue weighted by atomic mass is 10.2. The second kappa shape index (κ2) is 6.05. The van der Waals surface area contributed by atoms with Gasteiger partial charge in [0.25, 0.3) is 0 Å². The second-order valence-corrected chi connectivity index (χ2v) is 10.4. The number of carbonyl (C=O) groups is 1. The van der Waals surface area contributed by atoms with Gasteiger partial charge in [-0.15, -0.1) is 0 Å². The maximum absolute atomic E-state index is 10.9. The van der Waals surface area contributed by atoms with Gasteiger partial charge in [-0.25, -0.2) is 0 Å². The van der Waals surface area contributed by atoms with Gasteiger partial charge in [0.1, 0.15) is 5.75 Å². The molecule has 0 radical (unpaired) electrons. The molecule has 0 unspecified atom stereocenters. The molecule has 0 amide bonds. The van der Waals surface area contributed by atoms with E-state index in [0.29, 0.717) is 5.75 Å². The molecule has 0 heterocycles. The molecule has 0 N–H and O–H groups in total. The van der Waals surface area contributed by atoms with Gasteiger partial charge in [0.2, 0.25) is 0 Å². The number of esters is 1. The van der Waals surface area contributed by atoms with Crippen LogP contribution in [0.15, 0.2) is 54.6 Å². The fourth-order valence-corrected chi connectivity index (χ4v) is 4.90. The smallest absolute Gasteiger partial charge is 0.308 e. The molecular weight excluding hydrogens is 264 g/mol. The van der Waals surface area contributed by atoms with Crippen LogP contribution in [-0.2, 0) is 10.8 Å². The lowest BCUT2D eigenvalue weighted by Crippen LogP contribution is -2.43. The molecule has 2 aromatic rings. The molecule has 0 spiro atoms. The quantitative estimate of drug-likeness (QED) is 0.489. The molecule has 2 nitrogen and oxygen atoms in total. The summed E-state index contributed by atoms with van der Waals surface area (Å²) in [5, 5.41) is 1.46. The molecule has 20 heavy (non-hydrogen) atoms. The monoisotopic (exact) mass is 284 g/mol. The molecule has 104 valence electrons. The summed E-state index contributed by atoms with van der Waals surface area (Å²) in [5.41, 5.74) is 1.29. The van der Waals surface area contributed by atoms with Crippen molar-refractivity contribution in [1.82, 2.24) is 0 Å². The van der Waals surface area contributed by atoms with Gasteiger partial charge in [0.15, 0.2) is 0 Å². The minimum Gasteiger partial charge on any atom is -0.427 e. The Balaban J connectivity index is 2.11. The van der Waals surface area contributed by atoms with Crippen LogP contribution in [0.1, 0.15) is 12.5 Å². The molecule has 3 heteroatoms. The number of ether oxygens (including phenoxy) is 1. The van der Waals surface area contributed by atoms with E-state index in [1.54, 1.807) is 0 Å². The van der Waals surface area contributed by atoms with Crippen LogP contribution in [0.5, 0.6) is 5.75 Å². The van der Waals surface area contributed by atoms with Gasteiger partial charge in [-0.1, -0.05) is 66.3 Å². The van der Waals surface area contributed by atoms with Gasteiger partial charge >= 0.3 is 5.97 Å². The summed E-state index contributed by atoms with van der Waals surface area (Å²) in [7, 11) is -1.48. The van der Waals surface area contributed by atoms with Crippen molar-refractivity contribution in [2.45, 2.75) is 26.1 Å². The highest BCUT2D eigenvalue weighted by atomic mass is 28.3. The van der Waals surface area contributed by atoms with Crippen molar-refractivity contribution in [1.29, 1.82) is 0 Å². The summed E-state index contributed by atoms with van der Waals surface area (Å²) >= 11 is 0. The molecule has 0 aromatic heterocycles. The number of carbonyl (C=O) groups excluding carboxylic acids is 1. The minimum absolute atomic E-state index is 0.281. The summed E-state index contributed by atoms with van der Waals surface area (Å²) in [6, 6.07) is 19.6. The van der Waals surface area contributed by atoms with Crippen LogP contribution in [-0.4, -0.2) is 14.0 Å². The molecule has 0 aliphatic heterocycles. The van der Waals surface area contributed by atoms with Gasteiger partial charge in [-0.05, 0) is 18.2 Å². The Hall–Kier alpha value is -1.87. The number of rotatable bonds is 4. The molecular formula is C17H20O2Si. The van der Waals surface area contributed by atoms with E-state index in [1.807, 2.05) is 12.1 Å². The highest BCUT2D eigenvalue weighted by Crippen LogP contribution is 2.17. The van der Waals surface area contributed by atoms with Crippen LogP contribution in [0.4, 0.5) is 0 Å². The van der Waals surface area contributed by atoms with E-state index < -0.39 is 8.07 Å². The molecule has 0 saturated heterocycles. The highest BCUT2D eigenvalue weighted by Gasteiger charge is 2.23. The predicted molar refractivity (Wildman–Crippen MR) is 85.0 cm³/mol. The van der Waals surface area contributed by atoms with Crippen molar-refractivity contribution >= 4 is 19.2 Å². The zero-order valence-electron chi connectivity index (χ0n) is 12.2. The fourth-order valence-electron chi connectivity index (χ4n) is 2.34. The number of hydrogen-bond acceptors (Lipinski definition) is 2. The third kappa shape index (κ3) is 3.81. The SMILES string of the molecule is CC(=O)Oc1ccc(C[Si](C)(C)c2ccccc2)cc1. The van der Waals surface area contributed by atoms with Crippen LogP contribution < -0.4 is 9.92 Å². The Morgan fingerprint density at radius 1 is 1.00 bits per heavy atom. The maximum Gasteiger partial charge on any atom is 0.308 e. The third-order valence-electron chi connectivity index (χ3n) is 3.39. The number of hydrogen-bond donors (Lipinski definition) is 0. The first kappa shape index (κ1) is 14.5. The fraction of sp³-hybridized carbons (Fsp3) is 0.235. The van der Waals surface area contributed by atoms with E-state index in [2.05, 4.69) is 55.6 Å². The summed E-state index contributed by atoms with van der Waals surface area (Å²) < 4.78 is 5.06. The number of benzene rings is 2. The van der Waals surface area contributed by atoms with Crippen molar-refractivity contribution in [3.63, 3.8) is 0 Å². The first-order chi connectivity index (χ1) is 9.47. The Bertz CT molecular complexity index is 574. The van der Waals surface area contributed by atoms with Gasteiger partial charge in [-0.3, -0.25) is 4.79 Å². The lowest BCUT2D eigenvalue weighted by molar-refractivity contribution is -0.131. The maximum atomic E-state index is 10.9. The minimum atomic E-state index is -1.48. The molecule has 0 fully saturated rings. The molecule has 0 saturated carbocycles. The first-order valence-corrected chi connectivity index (χ1v) is 10.0. The molecule has 2 aromatic carbocycles. The van der Waals surface area contributed by atoms with Gasteiger partial charge in [-0.2, -0.15) is 0 Å². The summed E-state index contributed by atoms with van der Waals surface area (Å²) in [6.07, 6.45) is 0. The van der Waals surface area contributed by atoms with Crippen LogP contribution in [0.3, 0.4) is 0 Å². The van der Waals surface area contributed by atoms with Crippen molar-refractivity contribution in [2.24, 2.45) is 0 Å². The van der Waals surface area contributed by atoms with Crippen LogP contribution >= 0.6 is 0 Å². The molecule has 0 bridgehead atoms. The van der Waals surface area contributed by atoms with E-state index in [0.717, 1.165) is 6.04 Å². The first-order valence-electron chi connectivity index (χ1n) is 6.80. The molecule has 0 aliphatic carbocycles. The van der Waals surface area contributed by atoms with Gasteiger partial charge in [0.05, 0.1) is 8.07 Å². The van der Waals surface area contributed by atoms with Gasteiger partial charge in [0, 0.05) is 6.92 Å². The Labute approximate surface area is 121 Å². The standard InChI is InChI=1S/C17H20O2Si/c1-14(18)19-16-11-9-15(10-12-16)13-20(2,3)17-7-5-4-6-8-17/h4-12H,13H2,1-3H3. The predicted octanol–water partition coefficient (Wildman–Crippen LogP) is 3.31. The van der Waals surface area contributed by atoms with E-state index in [1.165, 1.54) is 17.7 Å². The van der Waals surface area contributed by atoms with E-state index >= 15 is 0 Å².